The molecule has 0 aliphatic carbocycles. The molecular weight excluding hydrogens is 340 g/mol. The summed E-state index contributed by atoms with van der Waals surface area (Å²) in [5, 5.41) is 3.22. The third-order valence-corrected chi connectivity index (χ3v) is 4.41. The Bertz CT molecular complexity index is 776. The molecule has 1 atom stereocenters. The zero-order chi connectivity index (χ0) is 17.8. The fourth-order valence-electron chi connectivity index (χ4n) is 2.67. The van der Waals surface area contributed by atoms with E-state index in [-0.39, 0.29) is 24.5 Å². The van der Waals surface area contributed by atoms with E-state index in [0.29, 0.717) is 23.7 Å². The van der Waals surface area contributed by atoms with Gasteiger partial charge in [0.15, 0.2) is 0 Å². The minimum Gasteiger partial charge on any atom is -0.365 e. The van der Waals surface area contributed by atoms with Gasteiger partial charge in [0.25, 0.3) is 11.8 Å². The van der Waals surface area contributed by atoms with Crippen LogP contribution in [0.2, 0.25) is 5.02 Å². The van der Waals surface area contributed by atoms with E-state index < -0.39 is 0 Å². The SMILES string of the molecule is Cc1ccc(N2CC(CNC(=O)c3ccccc3Cl)OCC2=O)cc1. The average Bonchev–Trinajstić information content (AvgIpc) is 2.62. The Labute approximate surface area is 151 Å². The molecule has 2 amide bonds. The van der Waals surface area contributed by atoms with Crippen molar-refractivity contribution in [2.75, 3.05) is 24.6 Å². The zero-order valence-electron chi connectivity index (χ0n) is 13.9. The molecule has 2 aromatic rings. The summed E-state index contributed by atoms with van der Waals surface area (Å²) >= 11 is 6.03. The monoisotopic (exact) mass is 358 g/mol. The van der Waals surface area contributed by atoms with Gasteiger partial charge in [-0.05, 0) is 31.2 Å². The second-order valence-electron chi connectivity index (χ2n) is 5.96. The molecule has 0 aromatic heterocycles. The molecule has 1 saturated heterocycles. The molecule has 1 heterocycles. The van der Waals surface area contributed by atoms with Crippen molar-refractivity contribution in [3.63, 3.8) is 0 Å². The number of aryl methyl sites for hydroxylation is 1. The largest absolute Gasteiger partial charge is 0.365 e. The van der Waals surface area contributed by atoms with Crippen molar-refractivity contribution in [1.29, 1.82) is 0 Å². The Balaban J connectivity index is 1.62. The number of carbonyl (C=O) groups is 2. The first kappa shape index (κ1) is 17.5. The molecule has 1 unspecified atom stereocenters. The fraction of sp³-hybridized carbons (Fsp3) is 0.263. The van der Waals surface area contributed by atoms with Gasteiger partial charge in [-0.2, -0.15) is 0 Å². The summed E-state index contributed by atoms with van der Waals surface area (Å²) in [6.45, 7) is 2.70. The number of hydrogen-bond donors (Lipinski definition) is 1. The predicted octanol–water partition coefficient (Wildman–Crippen LogP) is 2.81. The van der Waals surface area contributed by atoms with Crippen LogP contribution in [0.1, 0.15) is 15.9 Å². The Morgan fingerprint density at radius 3 is 2.68 bits per heavy atom. The van der Waals surface area contributed by atoms with Crippen LogP contribution in [0.15, 0.2) is 48.5 Å². The summed E-state index contributed by atoms with van der Waals surface area (Å²) in [6, 6.07) is 14.6. The standard InChI is InChI=1S/C19H19ClN2O3/c1-13-6-8-14(9-7-13)22-11-15(25-12-18(22)23)10-21-19(24)16-4-2-3-5-17(16)20/h2-9,15H,10-12H2,1H3,(H,21,24). The lowest BCUT2D eigenvalue weighted by atomic mass is 10.1. The topological polar surface area (TPSA) is 58.6 Å². The molecule has 6 heteroatoms. The summed E-state index contributed by atoms with van der Waals surface area (Å²) in [5.74, 6) is -0.342. The quantitative estimate of drug-likeness (QED) is 0.914. The van der Waals surface area contributed by atoms with E-state index in [9.17, 15) is 9.59 Å². The second-order valence-corrected chi connectivity index (χ2v) is 6.37. The molecule has 0 bridgehead atoms. The fourth-order valence-corrected chi connectivity index (χ4v) is 2.89. The van der Waals surface area contributed by atoms with Crippen molar-refractivity contribution in [2.45, 2.75) is 13.0 Å². The van der Waals surface area contributed by atoms with Crippen LogP contribution < -0.4 is 10.2 Å². The lowest BCUT2D eigenvalue weighted by Crippen LogP contribution is -2.50. The van der Waals surface area contributed by atoms with Crippen LogP contribution in [0.25, 0.3) is 0 Å². The number of anilines is 1. The van der Waals surface area contributed by atoms with Crippen LogP contribution in [0.5, 0.6) is 0 Å². The maximum absolute atomic E-state index is 12.2. The van der Waals surface area contributed by atoms with Gasteiger partial charge in [-0.25, -0.2) is 0 Å². The molecule has 0 spiro atoms. The first-order valence-electron chi connectivity index (χ1n) is 8.06. The number of benzene rings is 2. The van der Waals surface area contributed by atoms with Gasteiger partial charge < -0.3 is 15.0 Å². The summed E-state index contributed by atoms with van der Waals surface area (Å²) < 4.78 is 5.54. The van der Waals surface area contributed by atoms with Crippen LogP contribution >= 0.6 is 11.6 Å². The number of ether oxygens (including phenoxy) is 1. The predicted molar refractivity (Wildman–Crippen MR) is 97.1 cm³/mol. The molecule has 0 saturated carbocycles. The molecule has 1 N–H and O–H groups in total. The minimum atomic E-state index is -0.273. The van der Waals surface area contributed by atoms with E-state index in [1.807, 2.05) is 31.2 Å². The number of halogens is 1. The molecule has 1 aliphatic rings. The third-order valence-electron chi connectivity index (χ3n) is 4.08. The van der Waals surface area contributed by atoms with Gasteiger partial charge in [0.1, 0.15) is 6.61 Å². The summed E-state index contributed by atoms with van der Waals surface area (Å²) in [6.07, 6.45) is -0.273. The van der Waals surface area contributed by atoms with Crippen LogP contribution in [0.4, 0.5) is 5.69 Å². The number of morpholine rings is 1. The smallest absolute Gasteiger partial charge is 0.253 e. The Hall–Kier alpha value is -2.37. The van der Waals surface area contributed by atoms with Gasteiger partial charge in [0, 0.05) is 12.2 Å². The van der Waals surface area contributed by atoms with Crippen molar-refractivity contribution in [1.82, 2.24) is 5.32 Å². The van der Waals surface area contributed by atoms with E-state index in [0.717, 1.165) is 11.3 Å². The molecule has 1 aliphatic heterocycles. The maximum atomic E-state index is 12.2. The minimum absolute atomic E-state index is 0.000503. The normalized spacial score (nSPS) is 17.4. The lowest BCUT2D eigenvalue weighted by molar-refractivity contribution is -0.129. The molecule has 3 rings (SSSR count). The molecule has 0 radical (unpaired) electrons. The third kappa shape index (κ3) is 4.18. The highest BCUT2D eigenvalue weighted by atomic mass is 35.5. The van der Waals surface area contributed by atoms with Crippen molar-refractivity contribution < 1.29 is 14.3 Å². The van der Waals surface area contributed by atoms with E-state index in [1.54, 1.807) is 29.2 Å². The first-order chi connectivity index (χ1) is 12.0. The highest BCUT2D eigenvalue weighted by Crippen LogP contribution is 2.19. The summed E-state index contributed by atoms with van der Waals surface area (Å²) in [5.41, 5.74) is 2.39. The van der Waals surface area contributed by atoms with E-state index in [4.69, 9.17) is 16.3 Å². The Morgan fingerprint density at radius 2 is 1.96 bits per heavy atom. The van der Waals surface area contributed by atoms with Gasteiger partial charge in [0.05, 0.1) is 23.2 Å². The van der Waals surface area contributed by atoms with Crippen LogP contribution in [-0.4, -0.2) is 37.6 Å². The van der Waals surface area contributed by atoms with E-state index in [1.165, 1.54) is 0 Å². The Morgan fingerprint density at radius 1 is 1.24 bits per heavy atom. The Kier molecular flexibility index (Phi) is 5.36. The number of amides is 2. The summed E-state index contributed by atoms with van der Waals surface area (Å²) in [4.78, 5) is 26.0. The van der Waals surface area contributed by atoms with Gasteiger partial charge in [-0.15, -0.1) is 0 Å². The molecular formula is C19H19ClN2O3. The summed E-state index contributed by atoms with van der Waals surface area (Å²) in [7, 11) is 0. The van der Waals surface area contributed by atoms with Crippen LogP contribution in [0, 0.1) is 6.92 Å². The highest BCUT2D eigenvalue weighted by molar-refractivity contribution is 6.33. The molecule has 5 nitrogen and oxygen atoms in total. The van der Waals surface area contributed by atoms with E-state index >= 15 is 0 Å². The van der Waals surface area contributed by atoms with E-state index in [2.05, 4.69) is 5.32 Å². The second kappa shape index (κ2) is 7.68. The number of rotatable bonds is 4. The molecule has 25 heavy (non-hydrogen) atoms. The number of nitrogens with one attached hydrogen (secondary N) is 1. The molecule has 2 aromatic carbocycles. The maximum Gasteiger partial charge on any atom is 0.253 e. The van der Waals surface area contributed by atoms with Crippen molar-refractivity contribution in [2.24, 2.45) is 0 Å². The van der Waals surface area contributed by atoms with Crippen molar-refractivity contribution >= 4 is 29.1 Å². The van der Waals surface area contributed by atoms with Gasteiger partial charge in [0.2, 0.25) is 0 Å². The zero-order valence-corrected chi connectivity index (χ0v) is 14.6. The van der Waals surface area contributed by atoms with Crippen molar-refractivity contribution in [3.05, 3.63) is 64.7 Å². The molecule has 1 fully saturated rings. The van der Waals surface area contributed by atoms with Crippen LogP contribution in [0.3, 0.4) is 0 Å². The number of carbonyl (C=O) groups excluding carboxylic acids is 2. The molecule has 130 valence electrons. The number of nitrogens with zero attached hydrogens (tertiary/aromatic N) is 1. The van der Waals surface area contributed by atoms with Crippen LogP contribution in [-0.2, 0) is 9.53 Å². The van der Waals surface area contributed by atoms with Crippen molar-refractivity contribution in [3.8, 4) is 0 Å². The highest BCUT2D eigenvalue weighted by Gasteiger charge is 2.27. The lowest BCUT2D eigenvalue weighted by Gasteiger charge is -2.33. The average molecular weight is 359 g/mol. The number of hydrogen-bond acceptors (Lipinski definition) is 3. The van der Waals surface area contributed by atoms with Gasteiger partial charge in [-0.3, -0.25) is 9.59 Å². The van der Waals surface area contributed by atoms with Gasteiger partial charge >= 0.3 is 0 Å². The van der Waals surface area contributed by atoms with Gasteiger partial charge in [-0.1, -0.05) is 41.4 Å². The first-order valence-corrected chi connectivity index (χ1v) is 8.44.